The standard InChI is InChI=1S/C31H41N5O6/c1-41-25-13-11-23(12-14-25)20-26(33-27(37)10-6-7-17-32)29(39)34-18-15-31(16-19-34)30(40)35(21-28(38)42-2)22-36(31)24-8-4-3-5-9-24/h3-5,8-9,11-14,26H,6-7,10,15-22,32H2,1-2H3,(H,33,37). The Labute approximate surface area is 246 Å². The van der Waals surface area contributed by atoms with Crippen molar-refractivity contribution in [2.24, 2.45) is 5.73 Å². The Morgan fingerprint density at radius 2 is 1.69 bits per heavy atom. The first-order valence-electron chi connectivity index (χ1n) is 14.4. The number of rotatable bonds is 12. The summed E-state index contributed by atoms with van der Waals surface area (Å²) in [4.78, 5) is 57.8. The summed E-state index contributed by atoms with van der Waals surface area (Å²) in [6.07, 6.45) is 2.79. The zero-order valence-electron chi connectivity index (χ0n) is 24.4. The summed E-state index contributed by atoms with van der Waals surface area (Å²) < 4.78 is 10.1. The SMILES string of the molecule is COC(=O)CN1CN(c2ccccc2)C2(CCN(C(=O)C(Cc3ccc(OC)cc3)NC(=O)CCCCN)CC2)C1=O. The first kappa shape index (κ1) is 30.8. The second-order valence-electron chi connectivity index (χ2n) is 10.8. The molecule has 2 aromatic carbocycles. The molecule has 0 aromatic heterocycles. The van der Waals surface area contributed by atoms with E-state index in [1.807, 2.05) is 59.5 Å². The fourth-order valence-corrected chi connectivity index (χ4v) is 5.75. The third-order valence-electron chi connectivity index (χ3n) is 8.12. The second-order valence-corrected chi connectivity index (χ2v) is 10.8. The average Bonchev–Trinajstić information content (AvgIpc) is 3.27. The predicted octanol–water partition coefficient (Wildman–Crippen LogP) is 1.69. The van der Waals surface area contributed by atoms with Crippen LogP contribution in [0.15, 0.2) is 54.6 Å². The van der Waals surface area contributed by atoms with Crippen molar-refractivity contribution in [2.75, 3.05) is 52.0 Å². The van der Waals surface area contributed by atoms with Crippen LogP contribution in [0.25, 0.3) is 0 Å². The van der Waals surface area contributed by atoms with Gasteiger partial charge in [-0.15, -0.1) is 0 Å². The molecule has 2 saturated heterocycles. The summed E-state index contributed by atoms with van der Waals surface area (Å²) in [6, 6.07) is 16.3. The number of hydrogen-bond donors (Lipinski definition) is 2. The molecule has 1 atom stereocenters. The molecule has 2 aliphatic rings. The molecule has 3 amide bonds. The molecule has 2 aliphatic heterocycles. The Hall–Kier alpha value is -4.12. The van der Waals surface area contributed by atoms with Crippen LogP contribution in [0, 0.1) is 0 Å². The van der Waals surface area contributed by atoms with E-state index in [9.17, 15) is 19.2 Å². The number of piperidine rings is 1. The van der Waals surface area contributed by atoms with Gasteiger partial charge in [-0.3, -0.25) is 19.2 Å². The van der Waals surface area contributed by atoms with Crippen LogP contribution in [0.2, 0.25) is 0 Å². The van der Waals surface area contributed by atoms with Crippen molar-refractivity contribution >= 4 is 29.4 Å². The van der Waals surface area contributed by atoms with Crippen LogP contribution in [0.3, 0.4) is 0 Å². The summed E-state index contributed by atoms with van der Waals surface area (Å²) in [5.74, 6) is -0.296. The number of unbranched alkanes of at least 4 members (excludes halogenated alkanes) is 1. The maximum Gasteiger partial charge on any atom is 0.325 e. The second kappa shape index (κ2) is 14.2. The number of carbonyl (C=O) groups is 4. The predicted molar refractivity (Wildman–Crippen MR) is 158 cm³/mol. The van der Waals surface area contributed by atoms with E-state index in [0.29, 0.717) is 57.5 Å². The van der Waals surface area contributed by atoms with Gasteiger partial charge in [0.15, 0.2) is 0 Å². The number of nitrogens with zero attached hydrogens (tertiary/aromatic N) is 3. The zero-order valence-corrected chi connectivity index (χ0v) is 24.4. The molecule has 2 heterocycles. The monoisotopic (exact) mass is 579 g/mol. The van der Waals surface area contributed by atoms with E-state index in [1.165, 1.54) is 12.0 Å². The van der Waals surface area contributed by atoms with Crippen LogP contribution < -0.4 is 20.7 Å². The third-order valence-corrected chi connectivity index (χ3v) is 8.12. The Morgan fingerprint density at radius 1 is 1.00 bits per heavy atom. The van der Waals surface area contributed by atoms with Crippen LogP contribution in [0.5, 0.6) is 5.75 Å². The highest BCUT2D eigenvalue weighted by molar-refractivity contribution is 5.96. The van der Waals surface area contributed by atoms with E-state index in [0.717, 1.165) is 17.7 Å². The normalized spacial score (nSPS) is 16.8. The fourth-order valence-electron chi connectivity index (χ4n) is 5.75. The van der Waals surface area contributed by atoms with Gasteiger partial charge in [0.05, 0.1) is 20.9 Å². The van der Waals surface area contributed by atoms with Crippen LogP contribution in [-0.4, -0.2) is 92.1 Å². The molecular weight excluding hydrogens is 538 g/mol. The average molecular weight is 580 g/mol. The Bertz CT molecular complexity index is 1230. The van der Waals surface area contributed by atoms with E-state index < -0.39 is 17.6 Å². The quantitative estimate of drug-likeness (QED) is 0.287. The van der Waals surface area contributed by atoms with Crippen LogP contribution in [0.4, 0.5) is 5.69 Å². The minimum atomic E-state index is -0.886. The van der Waals surface area contributed by atoms with Gasteiger partial charge in [-0.1, -0.05) is 30.3 Å². The molecule has 1 unspecified atom stereocenters. The summed E-state index contributed by atoms with van der Waals surface area (Å²) in [6.45, 7) is 1.30. The van der Waals surface area contributed by atoms with E-state index >= 15 is 0 Å². The van der Waals surface area contributed by atoms with Gasteiger partial charge < -0.3 is 35.2 Å². The van der Waals surface area contributed by atoms with Gasteiger partial charge in [-0.25, -0.2) is 0 Å². The van der Waals surface area contributed by atoms with Gasteiger partial charge in [0.25, 0.3) is 5.91 Å². The maximum atomic E-state index is 13.9. The molecule has 1 spiro atoms. The summed E-state index contributed by atoms with van der Waals surface area (Å²) >= 11 is 0. The number of methoxy groups -OCH3 is 2. The van der Waals surface area contributed by atoms with Crippen molar-refractivity contribution in [3.63, 3.8) is 0 Å². The highest BCUT2D eigenvalue weighted by Gasteiger charge is 2.54. The first-order chi connectivity index (χ1) is 20.3. The number of hydrogen-bond acceptors (Lipinski definition) is 8. The highest BCUT2D eigenvalue weighted by atomic mass is 16.5. The number of nitrogens with one attached hydrogen (secondary N) is 1. The first-order valence-corrected chi connectivity index (χ1v) is 14.4. The number of ether oxygens (including phenoxy) is 2. The molecule has 4 rings (SSSR count). The lowest BCUT2D eigenvalue weighted by Gasteiger charge is -2.44. The molecule has 0 aliphatic carbocycles. The topological polar surface area (TPSA) is 135 Å². The third kappa shape index (κ3) is 7.02. The van der Waals surface area contributed by atoms with Crippen LogP contribution in [-0.2, 0) is 30.3 Å². The highest BCUT2D eigenvalue weighted by Crippen LogP contribution is 2.39. The van der Waals surface area contributed by atoms with Gasteiger partial charge in [0.2, 0.25) is 11.8 Å². The number of nitrogens with two attached hydrogens (primary N) is 1. The molecule has 3 N–H and O–H groups in total. The lowest BCUT2D eigenvalue weighted by atomic mass is 9.85. The minimum absolute atomic E-state index is 0.136. The van der Waals surface area contributed by atoms with Crippen molar-refractivity contribution < 1.29 is 28.7 Å². The van der Waals surface area contributed by atoms with Crippen LogP contribution in [0.1, 0.15) is 37.7 Å². The molecule has 0 saturated carbocycles. The lowest BCUT2D eigenvalue weighted by molar-refractivity contribution is -0.147. The molecule has 11 nitrogen and oxygen atoms in total. The van der Waals surface area contributed by atoms with Gasteiger partial charge in [-0.2, -0.15) is 0 Å². The molecular formula is C31H41N5O6. The Balaban J connectivity index is 1.51. The van der Waals surface area contributed by atoms with Crippen LogP contribution >= 0.6 is 0 Å². The summed E-state index contributed by atoms with van der Waals surface area (Å²) in [7, 11) is 2.89. The van der Waals surface area contributed by atoms with Gasteiger partial charge in [0.1, 0.15) is 23.9 Å². The van der Waals surface area contributed by atoms with E-state index in [1.54, 1.807) is 12.0 Å². The smallest absolute Gasteiger partial charge is 0.325 e. The fraction of sp³-hybridized carbons (Fsp3) is 0.484. The zero-order chi connectivity index (χ0) is 30.1. The molecule has 11 heteroatoms. The number of amides is 3. The number of esters is 1. The minimum Gasteiger partial charge on any atom is -0.497 e. The van der Waals surface area contributed by atoms with E-state index in [2.05, 4.69) is 5.32 Å². The Kier molecular flexibility index (Phi) is 10.4. The summed E-state index contributed by atoms with van der Waals surface area (Å²) in [5, 5.41) is 2.95. The number of carbonyl (C=O) groups excluding carboxylic acids is 4. The van der Waals surface area contributed by atoms with E-state index in [-0.39, 0.29) is 30.9 Å². The molecule has 42 heavy (non-hydrogen) atoms. The van der Waals surface area contributed by atoms with Gasteiger partial charge in [0, 0.05) is 31.6 Å². The molecule has 0 bridgehead atoms. The van der Waals surface area contributed by atoms with Crippen molar-refractivity contribution in [3.05, 3.63) is 60.2 Å². The molecule has 2 aromatic rings. The molecule has 226 valence electrons. The number of likely N-dealkylation sites (tertiary alicyclic amines) is 1. The number of benzene rings is 2. The van der Waals surface area contributed by atoms with Crippen molar-refractivity contribution in [3.8, 4) is 5.75 Å². The van der Waals surface area contributed by atoms with Crippen molar-refractivity contribution in [2.45, 2.75) is 50.1 Å². The van der Waals surface area contributed by atoms with Crippen molar-refractivity contribution in [1.82, 2.24) is 15.1 Å². The van der Waals surface area contributed by atoms with Gasteiger partial charge >= 0.3 is 5.97 Å². The molecule has 2 fully saturated rings. The maximum absolute atomic E-state index is 13.9. The summed E-state index contributed by atoms with van der Waals surface area (Å²) in [5.41, 5.74) is 6.46. The lowest BCUT2D eigenvalue weighted by Crippen LogP contribution is -2.59. The van der Waals surface area contributed by atoms with Gasteiger partial charge in [-0.05, 0) is 62.1 Å². The largest absolute Gasteiger partial charge is 0.497 e. The molecule has 0 radical (unpaired) electrons. The number of anilines is 1. The van der Waals surface area contributed by atoms with E-state index in [4.69, 9.17) is 15.2 Å². The van der Waals surface area contributed by atoms with Crippen molar-refractivity contribution in [1.29, 1.82) is 0 Å². The number of para-hydroxylation sites is 1. The Morgan fingerprint density at radius 3 is 2.31 bits per heavy atom.